The van der Waals surface area contributed by atoms with Gasteiger partial charge in [-0.2, -0.15) is 0 Å². The molecule has 2 N–H and O–H groups in total. The van der Waals surface area contributed by atoms with Crippen molar-refractivity contribution >= 4 is 11.8 Å². The maximum atomic E-state index is 12.3. The van der Waals surface area contributed by atoms with E-state index in [1.807, 2.05) is 6.92 Å². The first kappa shape index (κ1) is 14.2. The second-order valence-corrected chi connectivity index (χ2v) is 6.02. The Morgan fingerprint density at radius 1 is 1.19 bits per heavy atom. The third kappa shape index (κ3) is 2.59. The van der Waals surface area contributed by atoms with Crippen molar-refractivity contribution in [1.29, 1.82) is 0 Å². The molecule has 2 amide bonds. The molecule has 0 spiro atoms. The van der Waals surface area contributed by atoms with Gasteiger partial charge in [0.15, 0.2) is 0 Å². The van der Waals surface area contributed by atoms with Crippen LogP contribution in [0.25, 0.3) is 0 Å². The first-order chi connectivity index (χ1) is 10.1. The normalized spacial score (nSPS) is 23.7. The van der Waals surface area contributed by atoms with Gasteiger partial charge in [0.25, 0.3) is 11.8 Å². The minimum Gasteiger partial charge on any atom is -0.328 e. The number of hydrogen-bond donors (Lipinski definition) is 1. The third-order valence-corrected chi connectivity index (χ3v) is 4.57. The molecule has 5 heteroatoms. The average molecular weight is 287 g/mol. The summed E-state index contributed by atoms with van der Waals surface area (Å²) < 4.78 is 0. The Morgan fingerprint density at radius 2 is 1.81 bits per heavy atom. The van der Waals surface area contributed by atoms with Crippen molar-refractivity contribution < 1.29 is 9.59 Å². The van der Waals surface area contributed by atoms with Gasteiger partial charge in [0, 0.05) is 25.7 Å². The lowest BCUT2D eigenvalue weighted by Crippen LogP contribution is -2.38. The van der Waals surface area contributed by atoms with E-state index < -0.39 is 0 Å². The third-order valence-electron chi connectivity index (χ3n) is 4.57. The number of carbonyl (C=O) groups is 2. The molecule has 1 fully saturated rings. The van der Waals surface area contributed by atoms with E-state index in [0.29, 0.717) is 23.6 Å². The molecule has 2 aliphatic rings. The Labute approximate surface area is 124 Å². The number of carbonyl (C=O) groups excluding carboxylic acids is 2. The maximum absolute atomic E-state index is 12.3. The molecule has 1 saturated heterocycles. The van der Waals surface area contributed by atoms with Crippen molar-refractivity contribution in [3.8, 4) is 0 Å². The van der Waals surface area contributed by atoms with Gasteiger partial charge in [-0.15, -0.1) is 0 Å². The molecule has 0 saturated carbocycles. The monoisotopic (exact) mass is 287 g/mol. The maximum Gasteiger partial charge on any atom is 0.261 e. The molecule has 2 unspecified atom stereocenters. The zero-order valence-electron chi connectivity index (χ0n) is 12.3. The Balaban J connectivity index is 1.60. The van der Waals surface area contributed by atoms with Gasteiger partial charge < -0.3 is 10.6 Å². The van der Waals surface area contributed by atoms with Crippen LogP contribution in [0.1, 0.15) is 34.1 Å². The summed E-state index contributed by atoms with van der Waals surface area (Å²) in [5.74, 6) is 0.184. The van der Waals surface area contributed by atoms with Crippen molar-refractivity contribution in [2.24, 2.45) is 11.7 Å². The van der Waals surface area contributed by atoms with Crippen LogP contribution in [-0.2, 0) is 0 Å². The average Bonchev–Trinajstić information content (AvgIpc) is 3.03. The van der Waals surface area contributed by atoms with E-state index in [1.165, 1.54) is 4.90 Å². The molecule has 0 radical (unpaired) electrons. The molecule has 5 nitrogen and oxygen atoms in total. The predicted octanol–water partition coefficient (Wildman–Crippen LogP) is 0.952. The van der Waals surface area contributed by atoms with Crippen molar-refractivity contribution in [3.63, 3.8) is 0 Å². The van der Waals surface area contributed by atoms with Crippen LogP contribution in [0.2, 0.25) is 0 Å². The fraction of sp³-hybridized carbons (Fsp3) is 0.500. The summed E-state index contributed by atoms with van der Waals surface area (Å²) in [6.45, 7) is 5.18. The molecular formula is C16H21N3O2. The zero-order valence-corrected chi connectivity index (χ0v) is 12.3. The smallest absolute Gasteiger partial charge is 0.261 e. The van der Waals surface area contributed by atoms with Gasteiger partial charge in [-0.1, -0.05) is 12.1 Å². The summed E-state index contributed by atoms with van der Waals surface area (Å²) in [5.41, 5.74) is 6.99. The molecule has 0 aromatic heterocycles. The Morgan fingerprint density at radius 3 is 2.33 bits per heavy atom. The Kier molecular flexibility index (Phi) is 3.78. The quantitative estimate of drug-likeness (QED) is 0.837. The lowest BCUT2D eigenvalue weighted by atomic mass is 10.0. The molecule has 21 heavy (non-hydrogen) atoms. The van der Waals surface area contributed by atoms with E-state index in [2.05, 4.69) is 4.90 Å². The second-order valence-electron chi connectivity index (χ2n) is 6.02. The highest BCUT2D eigenvalue weighted by molar-refractivity contribution is 6.21. The van der Waals surface area contributed by atoms with Gasteiger partial charge in [0.2, 0.25) is 0 Å². The first-order valence-electron chi connectivity index (χ1n) is 7.51. The highest BCUT2D eigenvalue weighted by Crippen LogP contribution is 2.23. The van der Waals surface area contributed by atoms with Gasteiger partial charge in [0.05, 0.1) is 11.1 Å². The summed E-state index contributed by atoms with van der Waals surface area (Å²) in [4.78, 5) is 28.2. The fourth-order valence-electron chi connectivity index (χ4n) is 3.18. The minimum atomic E-state index is -0.168. The molecular weight excluding hydrogens is 266 g/mol. The van der Waals surface area contributed by atoms with E-state index in [0.717, 1.165) is 26.1 Å². The highest BCUT2D eigenvalue weighted by Gasteiger charge is 2.35. The minimum absolute atomic E-state index is 0.168. The van der Waals surface area contributed by atoms with Crippen molar-refractivity contribution in [1.82, 2.24) is 9.80 Å². The summed E-state index contributed by atoms with van der Waals surface area (Å²) >= 11 is 0. The standard InChI is InChI=1S/C16H21N3O2/c1-11(17)12-6-7-18(10-12)8-9-19-15(20)13-4-2-3-5-14(13)16(19)21/h2-5,11-12H,6-10,17H2,1H3. The number of hydrogen-bond acceptors (Lipinski definition) is 4. The van der Waals surface area contributed by atoms with Gasteiger partial charge in [-0.3, -0.25) is 14.5 Å². The molecule has 3 rings (SSSR count). The van der Waals surface area contributed by atoms with Gasteiger partial charge in [-0.05, 0) is 37.9 Å². The molecule has 1 aromatic carbocycles. The molecule has 0 bridgehead atoms. The van der Waals surface area contributed by atoms with Gasteiger partial charge in [0.1, 0.15) is 0 Å². The predicted molar refractivity (Wildman–Crippen MR) is 80.0 cm³/mol. The molecule has 2 aliphatic heterocycles. The Bertz CT molecular complexity index is 535. The van der Waals surface area contributed by atoms with E-state index in [1.54, 1.807) is 24.3 Å². The van der Waals surface area contributed by atoms with Crippen LogP contribution < -0.4 is 5.73 Å². The van der Waals surface area contributed by atoms with E-state index >= 15 is 0 Å². The summed E-state index contributed by atoms with van der Waals surface area (Å²) in [5, 5.41) is 0. The number of amides is 2. The number of imide groups is 1. The lowest BCUT2D eigenvalue weighted by molar-refractivity contribution is 0.0640. The molecule has 2 atom stereocenters. The summed E-state index contributed by atoms with van der Waals surface area (Å²) in [6.07, 6.45) is 1.10. The number of benzene rings is 1. The van der Waals surface area contributed by atoms with Gasteiger partial charge >= 0.3 is 0 Å². The van der Waals surface area contributed by atoms with Crippen molar-refractivity contribution in [3.05, 3.63) is 35.4 Å². The number of rotatable bonds is 4. The second kappa shape index (κ2) is 5.58. The van der Waals surface area contributed by atoms with Crippen LogP contribution in [-0.4, -0.2) is 53.8 Å². The largest absolute Gasteiger partial charge is 0.328 e. The first-order valence-corrected chi connectivity index (χ1v) is 7.51. The van der Waals surface area contributed by atoms with Crippen LogP contribution in [0.15, 0.2) is 24.3 Å². The van der Waals surface area contributed by atoms with E-state index in [9.17, 15) is 9.59 Å². The number of likely N-dealkylation sites (tertiary alicyclic amines) is 1. The highest BCUT2D eigenvalue weighted by atomic mass is 16.2. The van der Waals surface area contributed by atoms with Crippen LogP contribution in [0.4, 0.5) is 0 Å². The van der Waals surface area contributed by atoms with Crippen molar-refractivity contribution in [2.45, 2.75) is 19.4 Å². The van der Waals surface area contributed by atoms with E-state index in [-0.39, 0.29) is 17.9 Å². The van der Waals surface area contributed by atoms with Crippen LogP contribution >= 0.6 is 0 Å². The number of nitrogens with two attached hydrogens (primary N) is 1. The van der Waals surface area contributed by atoms with E-state index in [4.69, 9.17) is 5.73 Å². The van der Waals surface area contributed by atoms with Crippen LogP contribution in [0.5, 0.6) is 0 Å². The molecule has 0 aliphatic carbocycles. The zero-order chi connectivity index (χ0) is 15.0. The van der Waals surface area contributed by atoms with Crippen LogP contribution in [0.3, 0.4) is 0 Å². The van der Waals surface area contributed by atoms with Gasteiger partial charge in [-0.25, -0.2) is 0 Å². The molecule has 2 heterocycles. The Hall–Kier alpha value is -1.72. The SMILES string of the molecule is CC(N)C1CCN(CCN2C(=O)c3ccccc3C2=O)C1. The van der Waals surface area contributed by atoms with Crippen molar-refractivity contribution in [2.75, 3.05) is 26.2 Å². The number of fused-ring (bicyclic) bond motifs is 1. The molecule has 1 aromatic rings. The van der Waals surface area contributed by atoms with Crippen LogP contribution in [0, 0.1) is 5.92 Å². The summed E-state index contributed by atoms with van der Waals surface area (Å²) in [7, 11) is 0. The lowest BCUT2D eigenvalue weighted by Gasteiger charge is -2.21. The number of nitrogens with zero attached hydrogens (tertiary/aromatic N) is 2. The molecule has 112 valence electrons. The topological polar surface area (TPSA) is 66.6 Å². The summed E-state index contributed by atoms with van der Waals surface area (Å²) in [6, 6.07) is 7.23. The fourth-order valence-corrected chi connectivity index (χ4v) is 3.18.